The molecule has 0 aliphatic heterocycles. The lowest BCUT2D eigenvalue weighted by atomic mass is 10.0. The fourth-order valence-corrected chi connectivity index (χ4v) is 1.64. The van der Waals surface area contributed by atoms with E-state index in [9.17, 15) is 4.79 Å². The molecule has 0 aliphatic carbocycles. The van der Waals surface area contributed by atoms with Gasteiger partial charge in [0.15, 0.2) is 0 Å². The van der Waals surface area contributed by atoms with Crippen LogP contribution >= 0.6 is 0 Å². The van der Waals surface area contributed by atoms with Gasteiger partial charge < -0.3 is 16.4 Å². The third-order valence-electron chi connectivity index (χ3n) is 2.60. The maximum absolute atomic E-state index is 11.2. The van der Waals surface area contributed by atoms with Crippen LogP contribution in [-0.4, -0.2) is 61.5 Å². The van der Waals surface area contributed by atoms with Gasteiger partial charge >= 0.3 is 0 Å². The predicted octanol–water partition coefficient (Wildman–Crippen LogP) is -0.291. The van der Waals surface area contributed by atoms with Crippen LogP contribution in [0.4, 0.5) is 0 Å². The Kier molecular flexibility index (Phi) is 6.67. The van der Waals surface area contributed by atoms with Gasteiger partial charge in [0.05, 0.1) is 0 Å². The van der Waals surface area contributed by atoms with Gasteiger partial charge in [0.1, 0.15) is 5.54 Å². The van der Waals surface area contributed by atoms with Crippen LogP contribution in [0.5, 0.6) is 0 Å². The zero-order chi connectivity index (χ0) is 13.6. The molecule has 0 aromatic heterocycles. The molecule has 102 valence electrons. The third-order valence-corrected chi connectivity index (χ3v) is 2.60. The van der Waals surface area contributed by atoms with Crippen molar-refractivity contribution in [1.29, 1.82) is 0 Å². The fraction of sp³-hybridized carbons (Fsp3) is 0.917. The first kappa shape index (κ1) is 16.4. The number of hydrogen-bond acceptors (Lipinski definition) is 4. The highest BCUT2D eigenvalue weighted by atomic mass is 16.1. The van der Waals surface area contributed by atoms with E-state index in [-0.39, 0.29) is 0 Å². The maximum atomic E-state index is 11.2. The van der Waals surface area contributed by atoms with E-state index in [1.54, 1.807) is 6.92 Å². The van der Waals surface area contributed by atoms with Gasteiger partial charge in [0.25, 0.3) is 0 Å². The zero-order valence-corrected chi connectivity index (χ0v) is 11.9. The molecule has 0 saturated heterocycles. The second-order valence-corrected chi connectivity index (χ2v) is 5.71. The average Bonchev–Trinajstić information content (AvgIpc) is 2.12. The Morgan fingerprint density at radius 2 is 1.82 bits per heavy atom. The van der Waals surface area contributed by atoms with Gasteiger partial charge in [0, 0.05) is 26.2 Å². The number of carbonyl (C=O) groups is 1. The Hall–Kier alpha value is -0.650. The van der Waals surface area contributed by atoms with Gasteiger partial charge in [-0.05, 0) is 26.9 Å². The lowest BCUT2D eigenvalue weighted by molar-refractivity contribution is -0.123. The highest BCUT2D eigenvalue weighted by Gasteiger charge is 2.28. The largest absolute Gasteiger partial charge is 0.368 e. The molecule has 1 atom stereocenters. The van der Waals surface area contributed by atoms with Crippen LogP contribution in [0, 0.1) is 5.92 Å². The average molecular weight is 244 g/mol. The summed E-state index contributed by atoms with van der Waals surface area (Å²) in [6.07, 6.45) is 0. The summed E-state index contributed by atoms with van der Waals surface area (Å²) in [5.74, 6) is 0.0944. The molecular weight excluding hydrogens is 216 g/mol. The summed E-state index contributed by atoms with van der Waals surface area (Å²) in [5.41, 5.74) is 10.3. The van der Waals surface area contributed by atoms with E-state index < -0.39 is 11.4 Å². The van der Waals surface area contributed by atoms with E-state index >= 15 is 0 Å². The number of amides is 1. The van der Waals surface area contributed by atoms with Gasteiger partial charge in [-0.3, -0.25) is 9.69 Å². The van der Waals surface area contributed by atoms with Crippen molar-refractivity contribution < 1.29 is 4.79 Å². The number of hydrogen-bond donors (Lipinski definition) is 2. The van der Waals surface area contributed by atoms with Crippen LogP contribution in [0.25, 0.3) is 0 Å². The van der Waals surface area contributed by atoms with Crippen molar-refractivity contribution in [2.45, 2.75) is 26.3 Å². The Morgan fingerprint density at radius 3 is 2.18 bits per heavy atom. The van der Waals surface area contributed by atoms with E-state index in [1.165, 1.54) is 0 Å². The van der Waals surface area contributed by atoms with Crippen molar-refractivity contribution in [3.63, 3.8) is 0 Å². The number of nitrogens with zero attached hydrogens (tertiary/aromatic N) is 2. The highest BCUT2D eigenvalue weighted by molar-refractivity contribution is 5.84. The molecule has 4 N–H and O–H groups in total. The van der Waals surface area contributed by atoms with Crippen molar-refractivity contribution >= 4 is 5.91 Å². The minimum Gasteiger partial charge on any atom is -0.368 e. The number of nitrogens with two attached hydrogens (primary N) is 2. The molecule has 0 aromatic rings. The van der Waals surface area contributed by atoms with Crippen molar-refractivity contribution in [2.24, 2.45) is 17.4 Å². The summed E-state index contributed by atoms with van der Waals surface area (Å²) in [7, 11) is 4.06. The summed E-state index contributed by atoms with van der Waals surface area (Å²) >= 11 is 0. The van der Waals surface area contributed by atoms with Crippen LogP contribution < -0.4 is 11.5 Å². The van der Waals surface area contributed by atoms with Gasteiger partial charge in [-0.25, -0.2) is 0 Å². The lowest BCUT2D eigenvalue weighted by Crippen LogP contribution is -2.57. The number of carbonyl (C=O) groups excluding carboxylic acids is 1. The quantitative estimate of drug-likeness (QED) is 0.615. The summed E-state index contributed by atoms with van der Waals surface area (Å²) in [6, 6.07) is 0. The predicted molar refractivity (Wildman–Crippen MR) is 71.6 cm³/mol. The van der Waals surface area contributed by atoms with Crippen LogP contribution in [-0.2, 0) is 4.79 Å². The van der Waals surface area contributed by atoms with Gasteiger partial charge in [0.2, 0.25) is 5.91 Å². The fourth-order valence-electron chi connectivity index (χ4n) is 1.64. The highest BCUT2D eigenvalue weighted by Crippen LogP contribution is 2.06. The summed E-state index contributed by atoms with van der Waals surface area (Å²) in [5, 5.41) is 0. The normalized spacial score (nSPS) is 15.6. The molecule has 1 unspecified atom stereocenters. The number of rotatable bonds is 8. The smallest absolute Gasteiger partial charge is 0.238 e. The molecule has 0 bridgehead atoms. The number of primary amides is 1. The van der Waals surface area contributed by atoms with Crippen molar-refractivity contribution in [2.75, 3.05) is 40.3 Å². The first-order chi connectivity index (χ1) is 7.65. The molecule has 0 fully saturated rings. The molecule has 17 heavy (non-hydrogen) atoms. The van der Waals surface area contributed by atoms with Gasteiger partial charge in [-0.2, -0.15) is 0 Å². The van der Waals surface area contributed by atoms with Crippen LogP contribution in [0.1, 0.15) is 20.8 Å². The molecule has 1 amide bonds. The van der Waals surface area contributed by atoms with E-state index in [0.717, 1.165) is 19.6 Å². The third kappa shape index (κ3) is 7.31. The van der Waals surface area contributed by atoms with E-state index in [0.29, 0.717) is 12.5 Å². The summed E-state index contributed by atoms with van der Waals surface area (Å²) in [4.78, 5) is 15.6. The summed E-state index contributed by atoms with van der Waals surface area (Å²) in [6.45, 7) is 9.27. The molecule has 0 saturated carbocycles. The Morgan fingerprint density at radius 1 is 1.29 bits per heavy atom. The first-order valence-corrected chi connectivity index (χ1v) is 6.11. The van der Waals surface area contributed by atoms with Crippen LogP contribution in [0.3, 0.4) is 0 Å². The monoisotopic (exact) mass is 244 g/mol. The minimum absolute atomic E-state index is 0.448. The molecule has 5 nitrogen and oxygen atoms in total. The lowest BCUT2D eigenvalue weighted by Gasteiger charge is -2.32. The standard InChI is InChI=1S/C12H28N4O/c1-10(2)8-16(7-6-15(4)5)9-12(3,14)11(13)17/h10H,6-9,14H2,1-5H3,(H2,13,17). The molecule has 0 rings (SSSR count). The Labute approximate surface area is 105 Å². The van der Waals surface area contributed by atoms with E-state index in [4.69, 9.17) is 11.5 Å². The van der Waals surface area contributed by atoms with E-state index in [1.807, 2.05) is 14.1 Å². The topological polar surface area (TPSA) is 75.6 Å². The first-order valence-electron chi connectivity index (χ1n) is 6.11. The summed E-state index contributed by atoms with van der Waals surface area (Å²) < 4.78 is 0. The second kappa shape index (κ2) is 6.93. The molecule has 0 aromatic carbocycles. The van der Waals surface area contributed by atoms with Crippen LogP contribution in [0.2, 0.25) is 0 Å². The zero-order valence-electron chi connectivity index (χ0n) is 11.9. The van der Waals surface area contributed by atoms with Crippen molar-refractivity contribution in [1.82, 2.24) is 9.80 Å². The van der Waals surface area contributed by atoms with Gasteiger partial charge in [-0.1, -0.05) is 13.8 Å². The Balaban J connectivity index is 4.42. The SMILES string of the molecule is CC(C)CN(CCN(C)C)CC(C)(N)C(N)=O. The van der Waals surface area contributed by atoms with E-state index in [2.05, 4.69) is 23.6 Å². The minimum atomic E-state index is -0.957. The molecule has 0 heterocycles. The Bertz CT molecular complexity index is 239. The van der Waals surface area contributed by atoms with Crippen molar-refractivity contribution in [3.05, 3.63) is 0 Å². The molecule has 5 heteroatoms. The molecule has 0 aliphatic rings. The second-order valence-electron chi connectivity index (χ2n) is 5.71. The molecule has 0 radical (unpaired) electrons. The van der Waals surface area contributed by atoms with Gasteiger partial charge in [-0.15, -0.1) is 0 Å². The van der Waals surface area contributed by atoms with Crippen LogP contribution in [0.15, 0.2) is 0 Å². The number of likely N-dealkylation sites (N-methyl/N-ethyl adjacent to an activating group) is 1. The molecular formula is C12H28N4O. The molecule has 0 spiro atoms. The maximum Gasteiger partial charge on any atom is 0.238 e. The van der Waals surface area contributed by atoms with Crippen molar-refractivity contribution in [3.8, 4) is 0 Å².